The van der Waals surface area contributed by atoms with Crippen LogP contribution in [0.5, 0.6) is 5.75 Å². The molecule has 0 radical (unpaired) electrons. The van der Waals surface area contributed by atoms with E-state index >= 15 is 0 Å². The number of hydrogen-bond acceptors (Lipinski definition) is 5. The molecule has 1 amide bonds. The molecular weight excluding hydrogens is 358 g/mol. The van der Waals surface area contributed by atoms with Crippen molar-refractivity contribution in [2.24, 2.45) is 5.92 Å². The molecule has 1 aliphatic rings. The number of amides is 1. The molecule has 1 atom stereocenters. The lowest BCUT2D eigenvalue weighted by Crippen LogP contribution is -2.16. The molecule has 6 heteroatoms. The van der Waals surface area contributed by atoms with Crippen molar-refractivity contribution in [3.8, 4) is 11.8 Å². The monoisotopic (exact) mass is 381 g/mol. The van der Waals surface area contributed by atoms with Crippen LogP contribution in [-0.4, -0.2) is 23.3 Å². The van der Waals surface area contributed by atoms with Crippen LogP contribution in [0.4, 0.5) is 5.69 Å². The zero-order valence-corrected chi connectivity index (χ0v) is 16.4. The van der Waals surface area contributed by atoms with E-state index in [9.17, 15) is 10.1 Å². The molecule has 0 saturated heterocycles. The maximum absolute atomic E-state index is 12.4. The average Bonchev–Trinajstić information content (AvgIpc) is 2.67. The molecule has 5 nitrogen and oxygen atoms in total. The van der Waals surface area contributed by atoms with Crippen LogP contribution in [0, 0.1) is 17.2 Å². The van der Waals surface area contributed by atoms with E-state index in [0.29, 0.717) is 34.6 Å². The van der Waals surface area contributed by atoms with Gasteiger partial charge in [0, 0.05) is 5.69 Å². The van der Waals surface area contributed by atoms with Gasteiger partial charge >= 0.3 is 0 Å². The summed E-state index contributed by atoms with van der Waals surface area (Å²) in [6, 6.07) is 11.5. The number of fused-ring (bicyclic) bond motifs is 1. The molecule has 2 aromatic rings. The second kappa shape index (κ2) is 8.92. The van der Waals surface area contributed by atoms with Gasteiger partial charge in [0.2, 0.25) is 5.91 Å². The average molecular weight is 382 g/mol. The molecule has 0 spiro atoms. The van der Waals surface area contributed by atoms with E-state index in [1.54, 1.807) is 0 Å². The van der Waals surface area contributed by atoms with Gasteiger partial charge in [0.25, 0.3) is 0 Å². The van der Waals surface area contributed by atoms with Crippen molar-refractivity contribution in [2.75, 3.05) is 17.7 Å². The molecule has 3 rings (SSSR count). The number of nitrogens with zero attached hydrogens (tertiary/aromatic N) is 2. The van der Waals surface area contributed by atoms with E-state index in [1.165, 1.54) is 17.3 Å². The molecule has 1 aliphatic carbocycles. The second-order valence-electron chi connectivity index (χ2n) is 6.67. The number of nitrogens with one attached hydrogen (secondary N) is 1. The normalized spacial score (nSPS) is 15.5. The Balaban J connectivity index is 1.68. The Morgan fingerprint density at radius 3 is 3.04 bits per heavy atom. The third-order valence-corrected chi connectivity index (χ3v) is 5.51. The molecule has 1 aromatic carbocycles. The number of carbonyl (C=O) groups excluding carboxylic acids is 1. The van der Waals surface area contributed by atoms with Crippen LogP contribution in [0.2, 0.25) is 0 Å². The number of rotatable bonds is 6. The Bertz CT molecular complexity index is 876. The molecule has 1 aromatic heterocycles. The van der Waals surface area contributed by atoms with Gasteiger partial charge in [0.15, 0.2) is 0 Å². The zero-order chi connectivity index (χ0) is 19.2. The lowest BCUT2D eigenvalue weighted by atomic mass is 9.87. The van der Waals surface area contributed by atoms with Gasteiger partial charge < -0.3 is 10.1 Å². The first kappa shape index (κ1) is 19.2. The number of aryl methyl sites for hydroxylation is 1. The molecule has 1 unspecified atom stereocenters. The second-order valence-corrected chi connectivity index (χ2v) is 7.64. The highest BCUT2D eigenvalue weighted by molar-refractivity contribution is 8.00. The summed E-state index contributed by atoms with van der Waals surface area (Å²) in [5.41, 5.74) is 3.44. The Morgan fingerprint density at radius 1 is 1.44 bits per heavy atom. The highest BCUT2D eigenvalue weighted by Crippen LogP contribution is 2.30. The van der Waals surface area contributed by atoms with Gasteiger partial charge in [-0.1, -0.05) is 30.8 Å². The Hall–Kier alpha value is -2.52. The first-order valence-corrected chi connectivity index (χ1v) is 10.2. The van der Waals surface area contributed by atoms with Crippen molar-refractivity contribution >= 4 is 23.4 Å². The third kappa shape index (κ3) is 4.81. The van der Waals surface area contributed by atoms with Crippen LogP contribution in [0.25, 0.3) is 0 Å². The maximum Gasteiger partial charge on any atom is 0.234 e. The van der Waals surface area contributed by atoms with Gasteiger partial charge in [-0.25, -0.2) is 4.98 Å². The number of pyridine rings is 1. The summed E-state index contributed by atoms with van der Waals surface area (Å²) in [4.78, 5) is 17.1. The quantitative estimate of drug-likeness (QED) is 0.759. The predicted molar refractivity (Wildman–Crippen MR) is 107 cm³/mol. The molecule has 1 heterocycles. The van der Waals surface area contributed by atoms with Crippen LogP contribution in [-0.2, 0) is 17.6 Å². The minimum absolute atomic E-state index is 0.149. The smallest absolute Gasteiger partial charge is 0.234 e. The minimum atomic E-state index is -0.149. The van der Waals surface area contributed by atoms with Gasteiger partial charge in [-0.3, -0.25) is 4.79 Å². The first-order chi connectivity index (χ1) is 13.1. The third-order valence-electron chi connectivity index (χ3n) is 4.52. The molecule has 0 bridgehead atoms. The van der Waals surface area contributed by atoms with Crippen LogP contribution in [0.1, 0.15) is 37.1 Å². The van der Waals surface area contributed by atoms with Gasteiger partial charge in [0.05, 0.1) is 23.6 Å². The van der Waals surface area contributed by atoms with Crippen molar-refractivity contribution in [2.45, 2.75) is 38.1 Å². The SMILES string of the molecule is CCOc1ccccc1NC(=O)CSc1nc2c(cc1C#N)CC(C)CC2. The van der Waals surface area contributed by atoms with Crippen molar-refractivity contribution in [1.82, 2.24) is 4.98 Å². The van der Waals surface area contributed by atoms with Crippen LogP contribution in [0.3, 0.4) is 0 Å². The van der Waals surface area contributed by atoms with E-state index in [1.807, 2.05) is 37.3 Å². The van der Waals surface area contributed by atoms with Crippen LogP contribution in [0.15, 0.2) is 35.4 Å². The van der Waals surface area contributed by atoms with Crippen LogP contribution < -0.4 is 10.1 Å². The Kier molecular flexibility index (Phi) is 6.36. The van der Waals surface area contributed by atoms with E-state index in [2.05, 4.69) is 23.3 Å². The fourth-order valence-corrected chi connectivity index (χ4v) is 3.96. The van der Waals surface area contributed by atoms with Crippen LogP contribution >= 0.6 is 11.8 Å². The van der Waals surface area contributed by atoms with E-state index in [0.717, 1.165) is 25.0 Å². The lowest BCUT2D eigenvalue weighted by Gasteiger charge is -2.21. The number of thioether (sulfide) groups is 1. The van der Waals surface area contributed by atoms with E-state index < -0.39 is 0 Å². The zero-order valence-electron chi connectivity index (χ0n) is 15.6. The number of benzene rings is 1. The van der Waals surface area contributed by atoms with Gasteiger partial charge in [-0.2, -0.15) is 5.26 Å². The summed E-state index contributed by atoms with van der Waals surface area (Å²) in [6.45, 7) is 4.66. The molecule has 0 fully saturated rings. The molecule has 0 aliphatic heterocycles. The number of carbonyl (C=O) groups is 1. The topological polar surface area (TPSA) is 75.0 Å². The molecule has 0 saturated carbocycles. The number of anilines is 1. The summed E-state index contributed by atoms with van der Waals surface area (Å²) in [6.07, 6.45) is 3.02. The van der Waals surface area contributed by atoms with Gasteiger partial charge in [-0.05, 0) is 55.9 Å². The number of aromatic nitrogens is 1. The fourth-order valence-electron chi connectivity index (χ4n) is 3.19. The van der Waals surface area contributed by atoms with Crippen molar-refractivity contribution in [3.05, 3.63) is 47.2 Å². The number of para-hydroxylation sites is 2. The van der Waals surface area contributed by atoms with E-state index in [4.69, 9.17) is 4.74 Å². The Labute approximate surface area is 164 Å². The first-order valence-electron chi connectivity index (χ1n) is 9.18. The largest absolute Gasteiger partial charge is 0.492 e. The standard InChI is InChI=1S/C21H23N3O2S/c1-3-26-19-7-5-4-6-18(19)23-20(25)13-27-21-16(12-22)11-15-10-14(2)8-9-17(15)24-21/h4-7,11,14H,3,8-10,13H2,1-2H3,(H,23,25). The van der Waals surface area contributed by atoms with Crippen molar-refractivity contribution in [3.63, 3.8) is 0 Å². The fraction of sp³-hybridized carbons (Fsp3) is 0.381. The Morgan fingerprint density at radius 2 is 2.26 bits per heavy atom. The summed E-state index contributed by atoms with van der Waals surface area (Å²) in [5.74, 6) is 1.32. The van der Waals surface area contributed by atoms with Crippen molar-refractivity contribution in [1.29, 1.82) is 5.26 Å². The molecular formula is C21H23N3O2S. The summed E-state index contributed by atoms with van der Waals surface area (Å²) in [7, 11) is 0. The highest BCUT2D eigenvalue weighted by Gasteiger charge is 2.20. The molecule has 1 N–H and O–H groups in total. The van der Waals surface area contributed by atoms with Crippen molar-refractivity contribution < 1.29 is 9.53 Å². The lowest BCUT2D eigenvalue weighted by molar-refractivity contribution is -0.113. The predicted octanol–water partition coefficient (Wildman–Crippen LogP) is 4.21. The van der Waals surface area contributed by atoms with Gasteiger partial charge in [0.1, 0.15) is 16.8 Å². The number of hydrogen-bond donors (Lipinski definition) is 1. The minimum Gasteiger partial charge on any atom is -0.492 e. The summed E-state index contributed by atoms with van der Waals surface area (Å²) < 4.78 is 5.53. The maximum atomic E-state index is 12.4. The molecule has 140 valence electrons. The van der Waals surface area contributed by atoms with E-state index in [-0.39, 0.29) is 11.7 Å². The summed E-state index contributed by atoms with van der Waals surface area (Å²) in [5, 5.41) is 13.0. The van der Waals surface area contributed by atoms with Gasteiger partial charge in [-0.15, -0.1) is 0 Å². The molecule has 27 heavy (non-hydrogen) atoms. The number of nitriles is 1. The summed E-state index contributed by atoms with van der Waals surface area (Å²) >= 11 is 1.31. The highest BCUT2D eigenvalue weighted by atomic mass is 32.2. The number of ether oxygens (including phenoxy) is 1.